The Balaban J connectivity index is 1.92. The zero-order valence-corrected chi connectivity index (χ0v) is 12.8. The van der Waals surface area contributed by atoms with Crippen LogP contribution >= 0.6 is 22.9 Å². The van der Waals surface area contributed by atoms with Gasteiger partial charge in [0.15, 0.2) is 5.69 Å². The highest BCUT2D eigenvalue weighted by molar-refractivity contribution is 7.09. The number of urea groups is 1. The third kappa shape index (κ3) is 4.58. The zero-order valence-electron chi connectivity index (χ0n) is 11.2. The molecule has 2 rings (SSSR count). The summed E-state index contributed by atoms with van der Waals surface area (Å²) in [7, 11) is 0. The van der Waals surface area contributed by atoms with Crippen molar-refractivity contribution in [1.82, 2.24) is 10.3 Å². The van der Waals surface area contributed by atoms with E-state index < -0.39 is 17.9 Å². The first-order valence-corrected chi connectivity index (χ1v) is 7.31. The molecule has 0 radical (unpaired) electrons. The molecule has 1 aromatic heterocycles. The van der Waals surface area contributed by atoms with Crippen LogP contribution in [0.15, 0.2) is 23.6 Å². The summed E-state index contributed by atoms with van der Waals surface area (Å²) in [6, 6.07) is 5.56. The van der Waals surface area contributed by atoms with Crippen molar-refractivity contribution in [3.63, 3.8) is 0 Å². The van der Waals surface area contributed by atoms with Gasteiger partial charge in [-0.05, 0) is 18.2 Å². The molecule has 2 N–H and O–H groups in total. The predicted molar refractivity (Wildman–Crippen MR) is 79.1 cm³/mol. The molecule has 10 heteroatoms. The average Bonchev–Trinajstić information content (AvgIpc) is 2.94. The topological polar surface area (TPSA) is 77.8 Å². The minimum atomic E-state index is -4.50. The molecule has 1 aromatic carbocycles. The molecule has 1 heterocycles. The number of nitriles is 1. The van der Waals surface area contributed by atoms with Crippen molar-refractivity contribution >= 4 is 34.7 Å². The molecule has 0 saturated carbocycles. The number of carbonyl (C=O) groups excluding carboxylic acids is 1. The number of halogens is 4. The molecule has 0 unspecified atom stereocenters. The van der Waals surface area contributed by atoms with Gasteiger partial charge in [-0.2, -0.15) is 18.4 Å². The number of alkyl halides is 3. The minimum Gasteiger partial charge on any atom is -0.331 e. The summed E-state index contributed by atoms with van der Waals surface area (Å²) in [6.45, 7) is -0.142. The van der Waals surface area contributed by atoms with Crippen molar-refractivity contribution in [2.24, 2.45) is 0 Å². The summed E-state index contributed by atoms with van der Waals surface area (Å²) in [5.74, 6) is 0. The zero-order chi connectivity index (χ0) is 17.0. The van der Waals surface area contributed by atoms with E-state index in [0.717, 1.165) is 16.7 Å². The molecule has 5 nitrogen and oxygen atoms in total. The van der Waals surface area contributed by atoms with Crippen molar-refractivity contribution in [1.29, 1.82) is 5.26 Å². The number of nitrogens with zero attached hydrogens (tertiary/aromatic N) is 2. The first-order valence-electron chi connectivity index (χ1n) is 6.05. The number of anilines is 1. The molecule has 0 aliphatic carbocycles. The highest BCUT2D eigenvalue weighted by Gasteiger charge is 2.33. The molecule has 0 saturated heterocycles. The van der Waals surface area contributed by atoms with E-state index in [1.54, 1.807) is 0 Å². The highest BCUT2D eigenvalue weighted by atomic mass is 35.5. The van der Waals surface area contributed by atoms with Crippen LogP contribution in [0.25, 0.3) is 0 Å². The van der Waals surface area contributed by atoms with E-state index in [1.807, 2.05) is 6.07 Å². The Morgan fingerprint density at radius 3 is 2.74 bits per heavy atom. The molecular weight excluding hydrogens is 353 g/mol. The third-order valence-corrected chi connectivity index (χ3v) is 3.75. The Bertz CT molecular complexity index is 769. The molecule has 0 aliphatic rings. The van der Waals surface area contributed by atoms with E-state index >= 15 is 0 Å². The summed E-state index contributed by atoms with van der Waals surface area (Å²) in [4.78, 5) is 15.1. The molecule has 0 aliphatic heterocycles. The first-order chi connectivity index (χ1) is 10.8. The Labute approximate surface area is 137 Å². The second-order valence-corrected chi connectivity index (χ2v) is 5.59. The Kier molecular flexibility index (Phi) is 5.08. The fourth-order valence-electron chi connectivity index (χ4n) is 1.54. The first kappa shape index (κ1) is 17.1. The Morgan fingerprint density at radius 2 is 2.17 bits per heavy atom. The summed E-state index contributed by atoms with van der Waals surface area (Å²) < 4.78 is 37.2. The second-order valence-electron chi connectivity index (χ2n) is 4.24. The lowest BCUT2D eigenvalue weighted by atomic mass is 10.2. The molecule has 0 atom stereocenters. The number of carbonyl (C=O) groups is 1. The van der Waals surface area contributed by atoms with E-state index in [4.69, 9.17) is 16.9 Å². The van der Waals surface area contributed by atoms with Crippen molar-refractivity contribution in [2.75, 3.05) is 5.32 Å². The van der Waals surface area contributed by atoms with Gasteiger partial charge in [0.2, 0.25) is 0 Å². The summed E-state index contributed by atoms with van der Waals surface area (Å²) in [5, 5.41) is 14.8. The lowest BCUT2D eigenvalue weighted by Gasteiger charge is -2.07. The van der Waals surface area contributed by atoms with Crippen LogP contribution in [0, 0.1) is 11.3 Å². The highest BCUT2D eigenvalue weighted by Crippen LogP contribution is 2.29. The third-order valence-electron chi connectivity index (χ3n) is 2.59. The minimum absolute atomic E-state index is 0.130. The summed E-state index contributed by atoms with van der Waals surface area (Å²) >= 11 is 6.62. The number of thiazole rings is 1. The molecular formula is C13H8ClF3N4OS. The maximum absolute atomic E-state index is 12.4. The standard InChI is InChI=1S/C13H8ClF3N4OS/c14-9-3-8(2-1-7(9)4-18)20-12(22)19-5-11-21-10(6-23-11)13(15,16)17/h1-3,6H,5H2,(H2,19,20,22). The largest absolute Gasteiger partial charge is 0.434 e. The van der Waals surface area contributed by atoms with Gasteiger partial charge in [0, 0.05) is 11.1 Å². The van der Waals surface area contributed by atoms with E-state index in [2.05, 4.69) is 15.6 Å². The smallest absolute Gasteiger partial charge is 0.331 e. The van der Waals surface area contributed by atoms with Gasteiger partial charge in [0.1, 0.15) is 11.1 Å². The van der Waals surface area contributed by atoms with Gasteiger partial charge in [0.25, 0.3) is 0 Å². The molecule has 0 spiro atoms. The van der Waals surface area contributed by atoms with Crippen LogP contribution < -0.4 is 10.6 Å². The van der Waals surface area contributed by atoms with Crippen molar-refractivity contribution < 1.29 is 18.0 Å². The molecule has 23 heavy (non-hydrogen) atoms. The molecule has 2 amide bonds. The summed E-state index contributed by atoms with van der Waals surface area (Å²) in [5.41, 5.74) is -0.375. The lowest BCUT2D eigenvalue weighted by molar-refractivity contribution is -0.140. The van der Waals surface area contributed by atoms with Crippen LogP contribution in [0.1, 0.15) is 16.3 Å². The van der Waals surface area contributed by atoms with Crippen LogP contribution in [0.5, 0.6) is 0 Å². The SMILES string of the molecule is N#Cc1ccc(NC(=O)NCc2nc(C(F)(F)F)cs2)cc1Cl. The van der Waals surface area contributed by atoms with E-state index in [0.29, 0.717) is 5.69 Å². The predicted octanol–water partition coefficient (Wildman–Crippen LogP) is 4.01. The lowest BCUT2D eigenvalue weighted by Crippen LogP contribution is -2.28. The van der Waals surface area contributed by atoms with Crippen molar-refractivity contribution in [2.45, 2.75) is 12.7 Å². The number of nitrogens with one attached hydrogen (secondary N) is 2. The van der Waals surface area contributed by atoms with Gasteiger partial charge in [0.05, 0.1) is 17.1 Å². The number of benzene rings is 1. The van der Waals surface area contributed by atoms with Crippen molar-refractivity contribution in [3.05, 3.63) is 44.9 Å². The van der Waals surface area contributed by atoms with Crippen LogP contribution in [-0.2, 0) is 12.7 Å². The number of aromatic nitrogens is 1. The van der Waals surface area contributed by atoms with Gasteiger partial charge in [-0.15, -0.1) is 11.3 Å². The maximum atomic E-state index is 12.4. The van der Waals surface area contributed by atoms with E-state index in [1.165, 1.54) is 18.2 Å². The summed E-state index contributed by atoms with van der Waals surface area (Å²) in [6.07, 6.45) is -4.50. The number of hydrogen-bond acceptors (Lipinski definition) is 4. The van der Waals surface area contributed by atoms with Gasteiger partial charge >= 0.3 is 12.2 Å². The van der Waals surface area contributed by atoms with Gasteiger partial charge in [-0.1, -0.05) is 11.6 Å². The monoisotopic (exact) mass is 360 g/mol. The van der Waals surface area contributed by atoms with Crippen LogP contribution in [0.2, 0.25) is 5.02 Å². The maximum Gasteiger partial charge on any atom is 0.434 e. The molecule has 0 bridgehead atoms. The molecule has 120 valence electrons. The second kappa shape index (κ2) is 6.85. The van der Waals surface area contributed by atoms with E-state index in [9.17, 15) is 18.0 Å². The number of hydrogen-bond donors (Lipinski definition) is 2. The fourth-order valence-corrected chi connectivity index (χ4v) is 2.50. The average molecular weight is 361 g/mol. The quantitative estimate of drug-likeness (QED) is 0.868. The van der Waals surface area contributed by atoms with Gasteiger partial charge in [-0.3, -0.25) is 0 Å². The number of rotatable bonds is 3. The van der Waals surface area contributed by atoms with Crippen LogP contribution in [0.4, 0.5) is 23.7 Å². The normalized spacial score (nSPS) is 10.9. The molecule has 0 fully saturated rings. The number of amides is 2. The Hall–Kier alpha value is -2.31. The van der Waals surface area contributed by atoms with Gasteiger partial charge < -0.3 is 10.6 Å². The van der Waals surface area contributed by atoms with Crippen molar-refractivity contribution in [3.8, 4) is 6.07 Å². The fraction of sp³-hybridized carbons (Fsp3) is 0.154. The molecule has 2 aromatic rings. The van der Waals surface area contributed by atoms with Gasteiger partial charge in [-0.25, -0.2) is 9.78 Å². The van der Waals surface area contributed by atoms with E-state index in [-0.39, 0.29) is 22.1 Å². The van der Waals surface area contributed by atoms with Crippen LogP contribution in [0.3, 0.4) is 0 Å². The Morgan fingerprint density at radius 1 is 1.43 bits per heavy atom. The van der Waals surface area contributed by atoms with Crippen LogP contribution in [-0.4, -0.2) is 11.0 Å².